The summed E-state index contributed by atoms with van der Waals surface area (Å²) in [4.78, 5) is 12.0. The van der Waals surface area contributed by atoms with Gasteiger partial charge in [-0.3, -0.25) is 4.79 Å². The third-order valence-corrected chi connectivity index (χ3v) is 3.65. The summed E-state index contributed by atoms with van der Waals surface area (Å²) in [5.41, 5.74) is 1.51. The number of nitrogens with zero attached hydrogens (tertiary/aromatic N) is 1. The Morgan fingerprint density at radius 2 is 2.05 bits per heavy atom. The standard InChI is InChI=1S/C14H8BrClN2O/c15-12-7-11(4-5-13(12)16)18-14(19)10-3-1-2-9(6-10)8-17/h1-7H,(H,18,19). The van der Waals surface area contributed by atoms with Gasteiger partial charge in [0, 0.05) is 15.7 Å². The van der Waals surface area contributed by atoms with Crippen LogP contribution in [-0.2, 0) is 0 Å². The largest absolute Gasteiger partial charge is 0.322 e. The Morgan fingerprint density at radius 3 is 2.74 bits per heavy atom. The molecule has 0 fully saturated rings. The lowest BCUT2D eigenvalue weighted by atomic mass is 10.1. The minimum atomic E-state index is -0.272. The molecule has 2 aromatic carbocycles. The fourth-order valence-corrected chi connectivity index (χ4v) is 2.00. The van der Waals surface area contributed by atoms with Crippen LogP contribution in [0.2, 0.25) is 5.02 Å². The van der Waals surface area contributed by atoms with Crippen molar-refractivity contribution in [2.24, 2.45) is 0 Å². The second kappa shape index (κ2) is 5.87. The van der Waals surface area contributed by atoms with E-state index in [1.165, 1.54) is 0 Å². The number of anilines is 1. The van der Waals surface area contributed by atoms with Gasteiger partial charge in [0.25, 0.3) is 5.91 Å². The van der Waals surface area contributed by atoms with Crippen molar-refractivity contribution in [3.05, 3.63) is 63.1 Å². The first-order valence-corrected chi connectivity index (χ1v) is 6.54. The Hall–Kier alpha value is -1.83. The molecule has 0 aliphatic heterocycles. The normalized spacial score (nSPS) is 9.74. The molecule has 0 saturated heterocycles. The van der Waals surface area contributed by atoms with Gasteiger partial charge in [-0.2, -0.15) is 5.26 Å². The first kappa shape index (κ1) is 13.6. The van der Waals surface area contributed by atoms with Crippen molar-refractivity contribution in [1.82, 2.24) is 0 Å². The van der Waals surface area contributed by atoms with Gasteiger partial charge in [-0.1, -0.05) is 17.7 Å². The highest BCUT2D eigenvalue weighted by Gasteiger charge is 2.07. The molecule has 2 aromatic rings. The third kappa shape index (κ3) is 3.34. The zero-order chi connectivity index (χ0) is 13.8. The highest BCUT2D eigenvalue weighted by molar-refractivity contribution is 9.10. The van der Waals surface area contributed by atoms with E-state index in [2.05, 4.69) is 21.2 Å². The lowest BCUT2D eigenvalue weighted by Crippen LogP contribution is -2.11. The lowest BCUT2D eigenvalue weighted by molar-refractivity contribution is 0.102. The molecule has 0 spiro atoms. The minimum absolute atomic E-state index is 0.272. The summed E-state index contributed by atoms with van der Waals surface area (Å²) in [5, 5.41) is 12.1. The van der Waals surface area contributed by atoms with Gasteiger partial charge in [-0.15, -0.1) is 0 Å². The zero-order valence-electron chi connectivity index (χ0n) is 9.65. The molecule has 19 heavy (non-hydrogen) atoms. The monoisotopic (exact) mass is 334 g/mol. The van der Waals surface area contributed by atoms with Crippen LogP contribution in [0.3, 0.4) is 0 Å². The summed E-state index contributed by atoms with van der Waals surface area (Å²) in [7, 11) is 0. The summed E-state index contributed by atoms with van der Waals surface area (Å²) < 4.78 is 0.706. The lowest BCUT2D eigenvalue weighted by Gasteiger charge is -2.06. The number of carbonyl (C=O) groups is 1. The maximum atomic E-state index is 12.0. The molecule has 0 aliphatic rings. The number of benzene rings is 2. The fourth-order valence-electron chi connectivity index (χ4n) is 1.51. The van der Waals surface area contributed by atoms with Gasteiger partial charge >= 0.3 is 0 Å². The van der Waals surface area contributed by atoms with E-state index in [4.69, 9.17) is 16.9 Å². The van der Waals surface area contributed by atoms with Crippen LogP contribution in [-0.4, -0.2) is 5.91 Å². The Kier molecular flexibility index (Phi) is 4.20. The Bertz CT molecular complexity index is 679. The van der Waals surface area contributed by atoms with Crippen molar-refractivity contribution >= 4 is 39.1 Å². The van der Waals surface area contributed by atoms with Crippen LogP contribution in [0, 0.1) is 11.3 Å². The van der Waals surface area contributed by atoms with Gasteiger partial charge in [-0.05, 0) is 52.3 Å². The van der Waals surface area contributed by atoms with Crippen LogP contribution in [0.15, 0.2) is 46.9 Å². The van der Waals surface area contributed by atoms with Crippen LogP contribution in [0.25, 0.3) is 0 Å². The Balaban J connectivity index is 2.21. The Labute approximate surface area is 123 Å². The van der Waals surface area contributed by atoms with Crippen LogP contribution in [0.4, 0.5) is 5.69 Å². The van der Waals surface area contributed by atoms with E-state index in [1.807, 2.05) is 6.07 Å². The second-order valence-corrected chi connectivity index (χ2v) is 5.04. The molecule has 0 aromatic heterocycles. The zero-order valence-corrected chi connectivity index (χ0v) is 12.0. The van der Waals surface area contributed by atoms with Crippen molar-refractivity contribution in [3.63, 3.8) is 0 Å². The van der Waals surface area contributed by atoms with E-state index in [0.29, 0.717) is 26.3 Å². The molecule has 5 heteroatoms. The molecule has 0 heterocycles. The molecule has 0 unspecified atom stereocenters. The number of rotatable bonds is 2. The molecule has 0 bridgehead atoms. The number of nitrogens with one attached hydrogen (secondary N) is 1. The van der Waals surface area contributed by atoms with E-state index in [0.717, 1.165) is 0 Å². The van der Waals surface area contributed by atoms with E-state index < -0.39 is 0 Å². The molecule has 1 amide bonds. The van der Waals surface area contributed by atoms with Crippen molar-refractivity contribution in [2.75, 3.05) is 5.32 Å². The van der Waals surface area contributed by atoms with Gasteiger partial charge in [0.1, 0.15) is 0 Å². The van der Waals surface area contributed by atoms with Crippen molar-refractivity contribution in [3.8, 4) is 6.07 Å². The predicted molar refractivity (Wildman–Crippen MR) is 78.3 cm³/mol. The summed E-state index contributed by atoms with van der Waals surface area (Å²) in [5.74, 6) is -0.272. The highest BCUT2D eigenvalue weighted by Crippen LogP contribution is 2.25. The van der Waals surface area contributed by atoms with Gasteiger partial charge in [-0.25, -0.2) is 0 Å². The quantitative estimate of drug-likeness (QED) is 0.893. The fraction of sp³-hybridized carbons (Fsp3) is 0. The van der Waals surface area contributed by atoms with Gasteiger partial charge in [0.2, 0.25) is 0 Å². The van der Waals surface area contributed by atoms with Crippen LogP contribution >= 0.6 is 27.5 Å². The van der Waals surface area contributed by atoms with E-state index >= 15 is 0 Å². The van der Waals surface area contributed by atoms with Crippen molar-refractivity contribution in [2.45, 2.75) is 0 Å². The van der Waals surface area contributed by atoms with Gasteiger partial charge in [0.05, 0.1) is 16.7 Å². The molecular weight excluding hydrogens is 328 g/mol. The number of halogens is 2. The average molecular weight is 336 g/mol. The molecule has 0 atom stereocenters. The predicted octanol–water partition coefficient (Wildman–Crippen LogP) is 4.23. The molecule has 0 saturated carbocycles. The summed E-state index contributed by atoms with van der Waals surface area (Å²) >= 11 is 9.17. The van der Waals surface area contributed by atoms with Crippen molar-refractivity contribution in [1.29, 1.82) is 5.26 Å². The smallest absolute Gasteiger partial charge is 0.255 e. The highest BCUT2D eigenvalue weighted by atomic mass is 79.9. The Morgan fingerprint density at radius 1 is 1.26 bits per heavy atom. The molecule has 0 radical (unpaired) electrons. The van der Waals surface area contributed by atoms with Crippen molar-refractivity contribution < 1.29 is 4.79 Å². The average Bonchev–Trinajstić information content (AvgIpc) is 2.43. The number of nitriles is 1. The summed E-state index contributed by atoms with van der Waals surface area (Å²) in [6, 6.07) is 13.6. The van der Waals surface area contributed by atoms with E-state index in [-0.39, 0.29) is 5.91 Å². The summed E-state index contributed by atoms with van der Waals surface area (Å²) in [6.45, 7) is 0. The number of carbonyl (C=O) groups excluding carboxylic acids is 1. The first-order chi connectivity index (χ1) is 9.10. The third-order valence-electron chi connectivity index (χ3n) is 2.43. The number of hydrogen-bond donors (Lipinski definition) is 1. The van der Waals surface area contributed by atoms with Gasteiger partial charge < -0.3 is 5.32 Å². The maximum absolute atomic E-state index is 12.0. The summed E-state index contributed by atoms with van der Waals surface area (Å²) in [6.07, 6.45) is 0. The van der Waals surface area contributed by atoms with Crippen LogP contribution in [0.5, 0.6) is 0 Å². The molecule has 3 nitrogen and oxygen atoms in total. The van der Waals surface area contributed by atoms with E-state index in [9.17, 15) is 4.79 Å². The first-order valence-electron chi connectivity index (χ1n) is 5.37. The molecule has 2 rings (SSSR count). The SMILES string of the molecule is N#Cc1cccc(C(=O)Nc2ccc(Cl)c(Br)c2)c1. The maximum Gasteiger partial charge on any atom is 0.255 e. The molecular formula is C14H8BrClN2O. The van der Waals surface area contributed by atoms with E-state index in [1.54, 1.807) is 42.5 Å². The minimum Gasteiger partial charge on any atom is -0.322 e. The molecule has 94 valence electrons. The van der Waals surface area contributed by atoms with Crippen LogP contribution < -0.4 is 5.32 Å². The molecule has 0 aliphatic carbocycles. The molecule has 1 N–H and O–H groups in total. The second-order valence-electron chi connectivity index (χ2n) is 3.78. The van der Waals surface area contributed by atoms with Crippen LogP contribution in [0.1, 0.15) is 15.9 Å². The number of amides is 1. The van der Waals surface area contributed by atoms with Gasteiger partial charge in [0.15, 0.2) is 0 Å². The topological polar surface area (TPSA) is 52.9 Å². The number of hydrogen-bond acceptors (Lipinski definition) is 2.